The molecular formula is C18H11Cl2NO3S2. The van der Waals surface area contributed by atoms with Gasteiger partial charge in [0.1, 0.15) is 0 Å². The second-order valence-electron chi connectivity index (χ2n) is 5.49. The topological polar surface area (TPSA) is 57.6 Å². The zero-order chi connectivity index (χ0) is 19.0. The molecule has 26 heavy (non-hydrogen) atoms. The van der Waals surface area contributed by atoms with Gasteiger partial charge in [-0.05, 0) is 48.4 Å². The Morgan fingerprint density at radius 1 is 1.23 bits per heavy atom. The van der Waals surface area contributed by atoms with Crippen LogP contribution in [-0.2, 0) is 4.79 Å². The average Bonchev–Trinajstić information content (AvgIpc) is 2.84. The van der Waals surface area contributed by atoms with E-state index < -0.39 is 5.97 Å². The lowest BCUT2D eigenvalue weighted by molar-refractivity contribution is -0.113. The van der Waals surface area contributed by atoms with Gasteiger partial charge in [-0.15, -0.1) is 0 Å². The van der Waals surface area contributed by atoms with Crippen molar-refractivity contribution in [2.75, 3.05) is 4.90 Å². The smallest absolute Gasteiger partial charge is 0.335 e. The Kier molecular flexibility index (Phi) is 5.39. The largest absolute Gasteiger partial charge is 0.478 e. The molecule has 0 unspecified atom stereocenters. The average molecular weight is 424 g/mol. The van der Waals surface area contributed by atoms with Crippen LogP contribution in [0.3, 0.4) is 0 Å². The van der Waals surface area contributed by atoms with Crippen molar-refractivity contribution in [3.05, 3.63) is 68.0 Å². The number of benzene rings is 2. The van der Waals surface area contributed by atoms with Crippen molar-refractivity contribution in [3.63, 3.8) is 0 Å². The minimum absolute atomic E-state index is 0.0874. The van der Waals surface area contributed by atoms with Crippen LogP contribution in [0.2, 0.25) is 10.0 Å². The molecule has 1 heterocycles. The summed E-state index contributed by atoms with van der Waals surface area (Å²) in [4.78, 5) is 25.8. The molecule has 2 aromatic rings. The van der Waals surface area contributed by atoms with E-state index in [0.29, 0.717) is 30.5 Å². The molecule has 1 fully saturated rings. The van der Waals surface area contributed by atoms with Crippen molar-refractivity contribution in [1.29, 1.82) is 0 Å². The molecule has 1 aliphatic heterocycles. The summed E-state index contributed by atoms with van der Waals surface area (Å²) in [6, 6.07) is 9.57. The molecule has 0 radical (unpaired) electrons. The van der Waals surface area contributed by atoms with Crippen LogP contribution in [0.15, 0.2) is 41.3 Å². The van der Waals surface area contributed by atoms with Gasteiger partial charge in [-0.3, -0.25) is 9.69 Å². The Hall–Kier alpha value is -1.86. The highest BCUT2D eigenvalue weighted by atomic mass is 35.5. The number of aromatic carboxylic acids is 1. The van der Waals surface area contributed by atoms with Gasteiger partial charge >= 0.3 is 5.97 Å². The number of anilines is 1. The molecule has 1 N–H and O–H groups in total. The molecule has 0 spiro atoms. The molecule has 0 saturated carbocycles. The Bertz CT molecular complexity index is 988. The number of carboxylic acids is 1. The van der Waals surface area contributed by atoms with Gasteiger partial charge in [-0.1, -0.05) is 59.3 Å². The molecule has 8 heteroatoms. The number of carbonyl (C=O) groups excluding carboxylic acids is 1. The normalized spacial score (nSPS) is 15.8. The summed E-state index contributed by atoms with van der Waals surface area (Å²) >= 11 is 18.5. The molecule has 4 nitrogen and oxygen atoms in total. The van der Waals surface area contributed by atoms with Crippen molar-refractivity contribution in [2.45, 2.75) is 6.92 Å². The first-order chi connectivity index (χ1) is 12.3. The van der Waals surface area contributed by atoms with Crippen LogP contribution in [0, 0.1) is 6.92 Å². The first kappa shape index (κ1) is 18.9. The zero-order valence-electron chi connectivity index (χ0n) is 13.3. The highest BCUT2D eigenvalue weighted by Gasteiger charge is 2.34. The van der Waals surface area contributed by atoms with Crippen LogP contribution in [-0.4, -0.2) is 21.3 Å². The van der Waals surface area contributed by atoms with Crippen LogP contribution in [0.25, 0.3) is 6.08 Å². The molecule has 0 atom stereocenters. The first-order valence-electron chi connectivity index (χ1n) is 7.35. The van der Waals surface area contributed by atoms with Crippen LogP contribution in [0.1, 0.15) is 21.5 Å². The summed E-state index contributed by atoms with van der Waals surface area (Å²) in [6.07, 6.45) is 1.65. The second-order valence-corrected chi connectivity index (χ2v) is 8.01. The summed E-state index contributed by atoms with van der Waals surface area (Å²) in [6.45, 7) is 1.79. The lowest BCUT2D eigenvalue weighted by atomic mass is 10.1. The second kappa shape index (κ2) is 7.40. The number of carbonyl (C=O) groups is 2. The van der Waals surface area contributed by atoms with Crippen molar-refractivity contribution in [1.82, 2.24) is 0 Å². The molecule has 3 rings (SSSR count). The van der Waals surface area contributed by atoms with E-state index in [-0.39, 0.29) is 11.5 Å². The number of hydrogen-bond donors (Lipinski definition) is 1. The summed E-state index contributed by atoms with van der Waals surface area (Å²) in [5.41, 5.74) is 1.94. The Balaban J connectivity index is 2.01. The third kappa shape index (κ3) is 3.64. The molecule has 1 amide bonds. The lowest BCUT2D eigenvalue weighted by Crippen LogP contribution is -2.28. The third-order valence-electron chi connectivity index (χ3n) is 3.74. The summed E-state index contributed by atoms with van der Waals surface area (Å²) in [7, 11) is 0. The van der Waals surface area contributed by atoms with E-state index in [9.17, 15) is 14.7 Å². The quantitative estimate of drug-likeness (QED) is 0.528. The molecular weight excluding hydrogens is 413 g/mol. The van der Waals surface area contributed by atoms with Crippen molar-refractivity contribution in [3.8, 4) is 0 Å². The van der Waals surface area contributed by atoms with E-state index in [1.807, 2.05) is 0 Å². The minimum atomic E-state index is -1.07. The molecule has 0 aliphatic carbocycles. The predicted octanol–water partition coefficient (Wildman–Crippen LogP) is 5.41. The summed E-state index contributed by atoms with van der Waals surface area (Å²) < 4.78 is 0.331. The van der Waals surface area contributed by atoms with Crippen molar-refractivity contribution in [2.24, 2.45) is 0 Å². The van der Waals surface area contributed by atoms with E-state index in [0.717, 1.165) is 17.3 Å². The number of rotatable bonds is 3. The number of halogens is 2. The molecule has 1 saturated heterocycles. The van der Waals surface area contributed by atoms with E-state index in [1.165, 1.54) is 17.0 Å². The lowest BCUT2D eigenvalue weighted by Gasteiger charge is -2.17. The van der Waals surface area contributed by atoms with Crippen LogP contribution in [0.5, 0.6) is 0 Å². The monoisotopic (exact) mass is 423 g/mol. The van der Waals surface area contributed by atoms with Crippen LogP contribution < -0.4 is 4.90 Å². The summed E-state index contributed by atoms with van der Waals surface area (Å²) in [5, 5.41) is 10.1. The van der Waals surface area contributed by atoms with Gasteiger partial charge in [0.2, 0.25) is 0 Å². The Morgan fingerprint density at radius 2 is 1.96 bits per heavy atom. The maximum atomic E-state index is 12.9. The molecule has 0 bridgehead atoms. The van der Waals surface area contributed by atoms with Gasteiger partial charge in [-0.25, -0.2) is 4.79 Å². The van der Waals surface area contributed by atoms with Gasteiger partial charge in [-0.2, -0.15) is 0 Å². The Labute approximate surface area is 169 Å². The van der Waals surface area contributed by atoms with Crippen molar-refractivity contribution >= 4 is 75.1 Å². The van der Waals surface area contributed by atoms with Gasteiger partial charge in [0.15, 0.2) is 4.32 Å². The summed E-state index contributed by atoms with van der Waals surface area (Å²) in [5.74, 6) is -1.39. The Morgan fingerprint density at radius 3 is 2.62 bits per heavy atom. The fraction of sp³-hybridized carbons (Fsp3) is 0.0556. The van der Waals surface area contributed by atoms with E-state index >= 15 is 0 Å². The van der Waals surface area contributed by atoms with E-state index in [4.69, 9.17) is 35.4 Å². The minimum Gasteiger partial charge on any atom is -0.478 e. The fourth-order valence-corrected chi connectivity index (χ4v) is 4.16. The highest BCUT2D eigenvalue weighted by molar-refractivity contribution is 8.27. The molecule has 132 valence electrons. The van der Waals surface area contributed by atoms with E-state index in [1.54, 1.807) is 37.3 Å². The number of thioether (sulfide) groups is 1. The number of carboxylic acid groups (broad SMARTS) is 1. The van der Waals surface area contributed by atoms with Crippen LogP contribution >= 0.6 is 47.2 Å². The van der Waals surface area contributed by atoms with Gasteiger partial charge in [0.25, 0.3) is 5.91 Å². The molecule has 2 aromatic carbocycles. The predicted molar refractivity (Wildman–Crippen MR) is 110 cm³/mol. The van der Waals surface area contributed by atoms with Gasteiger partial charge < -0.3 is 5.11 Å². The highest BCUT2D eigenvalue weighted by Crippen LogP contribution is 2.38. The standard InChI is InChI=1S/C18H11Cl2NO3S2/c1-9-2-3-11(17(23)24)6-14(9)21-16(22)15(26-18(21)25)7-10-4-5-12(19)8-13(10)20/h2-8H,1H3,(H,23,24). The maximum Gasteiger partial charge on any atom is 0.335 e. The third-order valence-corrected chi connectivity index (χ3v) is 5.60. The maximum absolute atomic E-state index is 12.9. The fourth-order valence-electron chi connectivity index (χ4n) is 2.42. The number of aryl methyl sites for hydroxylation is 1. The zero-order valence-corrected chi connectivity index (χ0v) is 16.5. The number of nitrogens with zero attached hydrogens (tertiary/aromatic N) is 1. The molecule has 0 aromatic heterocycles. The van der Waals surface area contributed by atoms with Crippen LogP contribution in [0.4, 0.5) is 5.69 Å². The van der Waals surface area contributed by atoms with Gasteiger partial charge in [0.05, 0.1) is 16.2 Å². The SMILES string of the molecule is Cc1ccc(C(=O)O)cc1N1C(=O)C(=Cc2ccc(Cl)cc2Cl)SC1=S. The van der Waals surface area contributed by atoms with Crippen molar-refractivity contribution < 1.29 is 14.7 Å². The molecule has 1 aliphatic rings. The first-order valence-corrected chi connectivity index (χ1v) is 9.33. The van der Waals surface area contributed by atoms with Gasteiger partial charge in [0, 0.05) is 10.0 Å². The number of amides is 1. The van der Waals surface area contributed by atoms with E-state index in [2.05, 4.69) is 0 Å². The number of hydrogen-bond acceptors (Lipinski definition) is 4. The number of thiocarbonyl (C=S) groups is 1.